The molecule has 1 rings (SSSR count). The fraction of sp³-hybridized carbons (Fsp3) is 0.929. The smallest absolute Gasteiger partial charge is 0.106 e. The highest BCUT2D eigenvalue weighted by Gasteiger charge is 2.24. The molecule has 1 N–H and O–H groups in total. The average molecular weight is 254 g/mol. The van der Waals surface area contributed by atoms with Crippen LogP contribution >= 0.6 is 11.8 Å². The van der Waals surface area contributed by atoms with Crippen LogP contribution in [0.2, 0.25) is 0 Å². The van der Waals surface area contributed by atoms with Crippen molar-refractivity contribution in [2.45, 2.75) is 69.1 Å². The molecule has 0 saturated heterocycles. The predicted octanol–water partition coefficient (Wildman–Crippen LogP) is 3.72. The molecule has 3 heteroatoms. The Morgan fingerprint density at radius 1 is 1.35 bits per heavy atom. The summed E-state index contributed by atoms with van der Waals surface area (Å²) in [5, 5.41) is 13.3. The molecule has 1 atom stereocenters. The van der Waals surface area contributed by atoms with Gasteiger partial charge in [0.05, 0.1) is 6.07 Å². The van der Waals surface area contributed by atoms with Crippen molar-refractivity contribution in [3.8, 4) is 6.07 Å². The van der Waals surface area contributed by atoms with Gasteiger partial charge in [0.15, 0.2) is 0 Å². The van der Waals surface area contributed by atoms with Gasteiger partial charge in [0, 0.05) is 5.25 Å². The highest BCUT2D eigenvalue weighted by molar-refractivity contribution is 7.99. The van der Waals surface area contributed by atoms with E-state index in [2.05, 4.69) is 30.1 Å². The maximum atomic E-state index is 9.21. The molecule has 2 nitrogen and oxygen atoms in total. The molecule has 0 aromatic carbocycles. The summed E-state index contributed by atoms with van der Waals surface area (Å²) < 4.78 is 0. The Kier molecular flexibility index (Phi) is 6.99. The first kappa shape index (κ1) is 14.9. The molecule has 0 amide bonds. The van der Waals surface area contributed by atoms with E-state index < -0.39 is 0 Å². The lowest BCUT2D eigenvalue weighted by Crippen LogP contribution is -2.40. The fourth-order valence-electron chi connectivity index (χ4n) is 2.53. The minimum Gasteiger partial charge on any atom is -0.302 e. The van der Waals surface area contributed by atoms with Crippen LogP contribution in [0.5, 0.6) is 0 Å². The van der Waals surface area contributed by atoms with Gasteiger partial charge >= 0.3 is 0 Å². The summed E-state index contributed by atoms with van der Waals surface area (Å²) in [5.41, 5.74) is -0.285. The molecule has 0 aromatic heterocycles. The van der Waals surface area contributed by atoms with E-state index >= 15 is 0 Å². The van der Waals surface area contributed by atoms with Crippen LogP contribution in [0.25, 0.3) is 0 Å². The van der Waals surface area contributed by atoms with E-state index in [1.165, 1.54) is 37.9 Å². The third-order valence-corrected chi connectivity index (χ3v) is 5.42. The van der Waals surface area contributed by atoms with E-state index in [1.807, 2.05) is 7.05 Å². The van der Waals surface area contributed by atoms with Crippen LogP contribution in [0.3, 0.4) is 0 Å². The topological polar surface area (TPSA) is 35.8 Å². The van der Waals surface area contributed by atoms with Crippen LogP contribution in [-0.2, 0) is 0 Å². The monoisotopic (exact) mass is 254 g/mol. The number of hydrogen-bond donors (Lipinski definition) is 1. The first-order valence-electron chi connectivity index (χ1n) is 6.98. The van der Waals surface area contributed by atoms with Crippen LogP contribution in [0, 0.1) is 11.3 Å². The van der Waals surface area contributed by atoms with Crippen molar-refractivity contribution < 1.29 is 0 Å². The average Bonchev–Trinajstić information content (AvgIpc) is 2.41. The summed E-state index contributed by atoms with van der Waals surface area (Å²) >= 11 is 2.13. The molecule has 1 aliphatic carbocycles. The summed E-state index contributed by atoms with van der Waals surface area (Å²) in [6, 6.07) is 2.43. The van der Waals surface area contributed by atoms with Crippen LogP contribution < -0.4 is 5.32 Å². The molecule has 0 aliphatic heterocycles. The maximum Gasteiger partial charge on any atom is 0.106 e. The van der Waals surface area contributed by atoms with Crippen molar-refractivity contribution in [3.05, 3.63) is 0 Å². The Bertz CT molecular complexity index is 237. The van der Waals surface area contributed by atoms with Crippen molar-refractivity contribution in [3.63, 3.8) is 0 Å². The van der Waals surface area contributed by atoms with Gasteiger partial charge < -0.3 is 5.32 Å². The van der Waals surface area contributed by atoms with Crippen LogP contribution in [0.1, 0.15) is 58.3 Å². The van der Waals surface area contributed by atoms with Gasteiger partial charge in [0.2, 0.25) is 0 Å². The van der Waals surface area contributed by atoms with Crippen molar-refractivity contribution in [2.75, 3.05) is 12.8 Å². The highest BCUT2D eigenvalue weighted by Crippen LogP contribution is 2.29. The first-order chi connectivity index (χ1) is 8.26. The van der Waals surface area contributed by atoms with Gasteiger partial charge in [-0.2, -0.15) is 17.0 Å². The van der Waals surface area contributed by atoms with Gasteiger partial charge in [0.1, 0.15) is 5.54 Å². The van der Waals surface area contributed by atoms with Crippen molar-refractivity contribution in [2.24, 2.45) is 0 Å². The molecule has 1 fully saturated rings. The van der Waals surface area contributed by atoms with Gasteiger partial charge in [0.25, 0.3) is 0 Å². The van der Waals surface area contributed by atoms with Crippen LogP contribution in [0.4, 0.5) is 0 Å². The highest BCUT2D eigenvalue weighted by atomic mass is 32.2. The molecule has 0 heterocycles. The van der Waals surface area contributed by atoms with Crippen LogP contribution in [-0.4, -0.2) is 23.6 Å². The van der Waals surface area contributed by atoms with Crippen LogP contribution in [0.15, 0.2) is 0 Å². The van der Waals surface area contributed by atoms with E-state index in [1.54, 1.807) is 0 Å². The lowest BCUT2D eigenvalue weighted by atomic mass is 9.93. The van der Waals surface area contributed by atoms with Gasteiger partial charge in [-0.05, 0) is 44.9 Å². The minimum absolute atomic E-state index is 0.285. The normalized spacial score (nSPS) is 20.8. The standard InChI is InChI=1S/C14H26N2S/c1-3-14(12-15,16-2)10-7-11-17-13-8-5-4-6-9-13/h13,16H,3-11H2,1-2H3. The molecule has 1 aliphatic rings. The Morgan fingerprint density at radius 3 is 2.59 bits per heavy atom. The quantitative estimate of drug-likeness (QED) is 0.703. The van der Waals surface area contributed by atoms with E-state index in [-0.39, 0.29) is 5.54 Å². The molecular formula is C14H26N2S. The predicted molar refractivity (Wildman–Crippen MR) is 76.3 cm³/mol. The van der Waals surface area contributed by atoms with Gasteiger partial charge in [-0.25, -0.2) is 0 Å². The second kappa shape index (κ2) is 8.00. The van der Waals surface area contributed by atoms with Crippen molar-refractivity contribution in [1.29, 1.82) is 5.26 Å². The Morgan fingerprint density at radius 2 is 2.06 bits per heavy atom. The Balaban J connectivity index is 2.16. The molecule has 98 valence electrons. The van der Waals surface area contributed by atoms with Gasteiger partial charge in [-0.3, -0.25) is 0 Å². The summed E-state index contributed by atoms with van der Waals surface area (Å²) in [5.74, 6) is 1.22. The largest absolute Gasteiger partial charge is 0.302 e. The second-order valence-electron chi connectivity index (χ2n) is 5.03. The third kappa shape index (κ3) is 4.89. The molecule has 0 spiro atoms. The number of nitriles is 1. The van der Waals surface area contributed by atoms with E-state index in [0.717, 1.165) is 24.5 Å². The molecule has 0 radical (unpaired) electrons. The Hall–Kier alpha value is -0.200. The number of rotatable bonds is 7. The zero-order valence-corrected chi connectivity index (χ0v) is 12.1. The first-order valence-corrected chi connectivity index (χ1v) is 8.03. The van der Waals surface area contributed by atoms with E-state index in [9.17, 15) is 5.26 Å². The summed E-state index contributed by atoms with van der Waals surface area (Å²) in [6.45, 7) is 2.09. The van der Waals surface area contributed by atoms with Gasteiger partial charge in [-0.15, -0.1) is 0 Å². The number of hydrogen-bond acceptors (Lipinski definition) is 3. The molecular weight excluding hydrogens is 228 g/mol. The third-order valence-electron chi connectivity index (χ3n) is 3.95. The fourth-order valence-corrected chi connectivity index (χ4v) is 3.84. The molecule has 1 saturated carbocycles. The van der Waals surface area contributed by atoms with Crippen molar-refractivity contribution >= 4 is 11.8 Å². The molecule has 0 aromatic rings. The summed E-state index contributed by atoms with van der Waals surface area (Å²) in [4.78, 5) is 0. The second-order valence-corrected chi connectivity index (χ2v) is 6.44. The SMILES string of the molecule is CCC(C#N)(CCCSC1CCCCC1)NC. The minimum atomic E-state index is -0.285. The number of nitrogens with zero attached hydrogens (tertiary/aromatic N) is 1. The summed E-state index contributed by atoms with van der Waals surface area (Å²) in [6.07, 6.45) is 10.1. The maximum absolute atomic E-state index is 9.21. The zero-order valence-electron chi connectivity index (χ0n) is 11.3. The van der Waals surface area contributed by atoms with E-state index in [0.29, 0.717) is 0 Å². The lowest BCUT2D eigenvalue weighted by molar-refractivity contribution is 0.400. The molecule has 0 bridgehead atoms. The lowest BCUT2D eigenvalue weighted by Gasteiger charge is -2.25. The summed E-state index contributed by atoms with van der Waals surface area (Å²) in [7, 11) is 1.90. The van der Waals surface area contributed by atoms with Gasteiger partial charge in [-0.1, -0.05) is 26.2 Å². The number of nitrogens with one attached hydrogen (secondary N) is 1. The van der Waals surface area contributed by atoms with E-state index in [4.69, 9.17) is 0 Å². The zero-order chi connectivity index (χ0) is 12.6. The Labute approximate surface area is 111 Å². The molecule has 1 unspecified atom stereocenters. The molecule has 17 heavy (non-hydrogen) atoms. The number of thioether (sulfide) groups is 1. The van der Waals surface area contributed by atoms with Crippen molar-refractivity contribution in [1.82, 2.24) is 5.32 Å².